The molecule has 0 bridgehead atoms. The minimum absolute atomic E-state index is 0.0391. The van der Waals surface area contributed by atoms with Crippen molar-refractivity contribution in [2.75, 3.05) is 20.2 Å². The van der Waals surface area contributed by atoms with Crippen molar-refractivity contribution in [1.29, 1.82) is 0 Å². The monoisotopic (exact) mass is 512 g/mol. The highest BCUT2D eigenvalue weighted by Gasteiger charge is 2.41. The summed E-state index contributed by atoms with van der Waals surface area (Å²) in [6.45, 7) is -1.89. The number of fused-ring (bicyclic) bond motifs is 1. The van der Waals surface area contributed by atoms with Crippen LogP contribution in [0.5, 0.6) is 0 Å². The summed E-state index contributed by atoms with van der Waals surface area (Å²) in [6, 6.07) is 4.19. The molecule has 0 atom stereocenters. The van der Waals surface area contributed by atoms with Gasteiger partial charge in [-0.3, -0.25) is 14.3 Å². The highest BCUT2D eigenvalue weighted by molar-refractivity contribution is 6.30. The lowest BCUT2D eigenvalue weighted by Crippen LogP contribution is -2.49. The zero-order chi connectivity index (χ0) is 25.2. The van der Waals surface area contributed by atoms with E-state index in [-0.39, 0.29) is 36.4 Å². The van der Waals surface area contributed by atoms with Crippen LogP contribution < -0.4 is 0 Å². The summed E-state index contributed by atoms with van der Waals surface area (Å²) in [4.78, 5) is 29.8. The molecule has 11 heteroatoms. The maximum atomic E-state index is 13.5. The standard InChI is InChI=1S/C24H28ClF3N4O3/c1-30(24(6-2-3-7-24)8-11-35-23(27)28)22(34)17-14-29-32-10-9-31(15-20(17)32)21(33)13-16-4-5-19(26)18(25)12-16/h4-5,12,14,23H,2-3,6-11,13,15H2,1H3. The van der Waals surface area contributed by atoms with Crippen LogP contribution in [0.15, 0.2) is 24.4 Å². The van der Waals surface area contributed by atoms with E-state index in [1.165, 1.54) is 24.4 Å². The summed E-state index contributed by atoms with van der Waals surface area (Å²) in [5, 5.41) is 4.30. The van der Waals surface area contributed by atoms with Gasteiger partial charge in [0.15, 0.2) is 0 Å². The SMILES string of the molecule is CN(C(=O)c1cnn2c1CN(C(=O)Cc1ccc(F)c(Cl)c1)CC2)C1(CCOC(F)F)CCCC1. The van der Waals surface area contributed by atoms with Crippen molar-refractivity contribution in [2.45, 2.75) is 63.8 Å². The Morgan fingerprint density at radius 3 is 2.69 bits per heavy atom. The number of halogens is 4. The topological polar surface area (TPSA) is 67.7 Å². The van der Waals surface area contributed by atoms with Gasteiger partial charge < -0.3 is 14.5 Å². The van der Waals surface area contributed by atoms with Gasteiger partial charge in [0.2, 0.25) is 5.91 Å². The highest BCUT2D eigenvalue weighted by atomic mass is 35.5. The predicted molar refractivity (Wildman–Crippen MR) is 123 cm³/mol. The molecule has 1 aliphatic heterocycles. The second-order valence-corrected chi connectivity index (χ2v) is 9.55. The Bertz CT molecular complexity index is 1090. The molecular formula is C24H28ClF3N4O3. The molecule has 1 fully saturated rings. The van der Waals surface area contributed by atoms with E-state index < -0.39 is 18.0 Å². The van der Waals surface area contributed by atoms with Gasteiger partial charge in [-0.2, -0.15) is 13.9 Å². The molecule has 1 aliphatic carbocycles. The second-order valence-electron chi connectivity index (χ2n) is 9.15. The van der Waals surface area contributed by atoms with Crippen LogP contribution in [0.3, 0.4) is 0 Å². The molecule has 4 rings (SSSR count). The van der Waals surface area contributed by atoms with E-state index >= 15 is 0 Å². The van der Waals surface area contributed by atoms with Crippen molar-refractivity contribution in [3.63, 3.8) is 0 Å². The predicted octanol–water partition coefficient (Wildman–Crippen LogP) is 4.27. The van der Waals surface area contributed by atoms with Gasteiger partial charge in [-0.15, -0.1) is 0 Å². The smallest absolute Gasteiger partial charge is 0.336 e. The Hall–Kier alpha value is -2.59. The third-order valence-corrected chi connectivity index (χ3v) is 7.44. The first kappa shape index (κ1) is 25.5. The number of hydrogen-bond donors (Lipinski definition) is 0. The minimum atomic E-state index is -2.84. The van der Waals surface area contributed by atoms with Crippen LogP contribution in [0, 0.1) is 5.82 Å². The molecule has 1 aromatic heterocycles. The molecule has 0 N–H and O–H groups in total. The molecule has 2 heterocycles. The molecular weight excluding hydrogens is 485 g/mol. The van der Waals surface area contributed by atoms with Crippen LogP contribution in [0.2, 0.25) is 5.02 Å². The van der Waals surface area contributed by atoms with E-state index in [2.05, 4.69) is 9.84 Å². The third kappa shape index (κ3) is 5.48. The fraction of sp³-hybridized carbons (Fsp3) is 0.542. The van der Waals surface area contributed by atoms with Crippen LogP contribution in [-0.4, -0.2) is 63.7 Å². The normalized spacial score (nSPS) is 17.0. The first-order valence-electron chi connectivity index (χ1n) is 11.6. The van der Waals surface area contributed by atoms with Crippen LogP contribution in [-0.2, 0) is 29.0 Å². The van der Waals surface area contributed by atoms with Crippen molar-refractivity contribution in [2.24, 2.45) is 0 Å². The Morgan fingerprint density at radius 1 is 1.26 bits per heavy atom. The lowest BCUT2D eigenvalue weighted by atomic mass is 9.91. The number of nitrogens with zero attached hydrogens (tertiary/aromatic N) is 4. The second kappa shape index (κ2) is 10.6. The van der Waals surface area contributed by atoms with E-state index in [0.717, 1.165) is 25.7 Å². The Balaban J connectivity index is 1.47. The van der Waals surface area contributed by atoms with Gasteiger partial charge in [0.1, 0.15) is 5.82 Å². The average Bonchev–Trinajstić information content (AvgIpc) is 3.48. The van der Waals surface area contributed by atoms with Gasteiger partial charge in [-0.25, -0.2) is 4.39 Å². The molecule has 7 nitrogen and oxygen atoms in total. The van der Waals surface area contributed by atoms with E-state index in [9.17, 15) is 22.8 Å². The zero-order valence-electron chi connectivity index (χ0n) is 19.5. The molecule has 1 saturated carbocycles. The molecule has 2 aliphatic rings. The third-order valence-electron chi connectivity index (χ3n) is 7.16. The number of aromatic nitrogens is 2. The van der Waals surface area contributed by atoms with E-state index in [1.807, 2.05) is 0 Å². The maximum Gasteiger partial charge on any atom is 0.345 e. The Kier molecular flexibility index (Phi) is 7.70. The number of rotatable bonds is 8. The van der Waals surface area contributed by atoms with Crippen LogP contribution in [0.25, 0.3) is 0 Å². The number of hydrogen-bond acceptors (Lipinski definition) is 4. The van der Waals surface area contributed by atoms with Crippen LogP contribution in [0.1, 0.15) is 53.7 Å². The molecule has 0 spiro atoms. The average molecular weight is 513 g/mol. The number of amides is 2. The lowest BCUT2D eigenvalue weighted by Gasteiger charge is -2.39. The van der Waals surface area contributed by atoms with Gasteiger partial charge >= 0.3 is 6.61 Å². The van der Waals surface area contributed by atoms with Crippen molar-refractivity contribution in [3.8, 4) is 0 Å². The maximum absolute atomic E-state index is 13.5. The molecule has 0 radical (unpaired) electrons. The lowest BCUT2D eigenvalue weighted by molar-refractivity contribution is -0.134. The fourth-order valence-corrected chi connectivity index (χ4v) is 5.30. The van der Waals surface area contributed by atoms with Crippen molar-refractivity contribution in [1.82, 2.24) is 19.6 Å². The molecule has 1 aromatic carbocycles. The van der Waals surface area contributed by atoms with E-state index in [4.69, 9.17) is 11.6 Å². The summed E-state index contributed by atoms with van der Waals surface area (Å²) in [6.07, 6.45) is 5.16. The van der Waals surface area contributed by atoms with Gasteiger partial charge in [-0.05, 0) is 37.0 Å². The summed E-state index contributed by atoms with van der Waals surface area (Å²) >= 11 is 5.83. The number of ether oxygens (including phenoxy) is 1. The Labute approximate surface area is 206 Å². The Morgan fingerprint density at radius 2 is 2.00 bits per heavy atom. The molecule has 2 amide bonds. The molecule has 0 unspecified atom stereocenters. The quantitative estimate of drug-likeness (QED) is 0.529. The van der Waals surface area contributed by atoms with Gasteiger partial charge in [0.05, 0.1) is 48.6 Å². The minimum Gasteiger partial charge on any atom is -0.336 e. The number of benzene rings is 1. The summed E-state index contributed by atoms with van der Waals surface area (Å²) in [5.41, 5.74) is 1.09. The first-order valence-corrected chi connectivity index (χ1v) is 12.0. The van der Waals surface area contributed by atoms with Crippen LogP contribution >= 0.6 is 11.6 Å². The van der Waals surface area contributed by atoms with Crippen molar-refractivity contribution in [3.05, 3.63) is 52.1 Å². The van der Waals surface area contributed by atoms with Crippen molar-refractivity contribution < 1.29 is 27.5 Å². The number of carbonyl (C=O) groups excluding carboxylic acids is 2. The molecule has 35 heavy (non-hydrogen) atoms. The fourth-order valence-electron chi connectivity index (χ4n) is 5.09. The first-order chi connectivity index (χ1) is 16.7. The summed E-state index contributed by atoms with van der Waals surface area (Å²) < 4.78 is 44.7. The number of carbonyl (C=O) groups is 2. The summed E-state index contributed by atoms with van der Waals surface area (Å²) in [5.74, 6) is -0.953. The molecule has 2 aromatic rings. The summed E-state index contributed by atoms with van der Waals surface area (Å²) in [7, 11) is 1.70. The molecule has 0 saturated heterocycles. The highest BCUT2D eigenvalue weighted by Crippen LogP contribution is 2.38. The van der Waals surface area contributed by atoms with E-state index in [1.54, 1.807) is 21.5 Å². The van der Waals surface area contributed by atoms with Gasteiger partial charge in [0.25, 0.3) is 5.91 Å². The van der Waals surface area contributed by atoms with E-state index in [0.29, 0.717) is 36.3 Å². The van der Waals surface area contributed by atoms with Gasteiger partial charge in [0, 0.05) is 19.1 Å². The zero-order valence-corrected chi connectivity index (χ0v) is 20.2. The van der Waals surface area contributed by atoms with Crippen molar-refractivity contribution >= 4 is 23.4 Å². The van der Waals surface area contributed by atoms with Gasteiger partial charge in [-0.1, -0.05) is 30.5 Å². The number of alkyl halides is 2. The largest absolute Gasteiger partial charge is 0.345 e. The molecule has 190 valence electrons. The van der Waals surface area contributed by atoms with Crippen LogP contribution in [0.4, 0.5) is 13.2 Å².